The lowest BCUT2D eigenvalue weighted by Gasteiger charge is -2.10. The molecule has 30 heavy (non-hydrogen) atoms. The fourth-order valence-electron chi connectivity index (χ4n) is 2.67. The average Bonchev–Trinajstić information content (AvgIpc) is 3.11. The van der Waals surface area contributed by atoms with Crippen molar-refractivity contribution >= 4 is 46.7 Å². The number of thioether (sulfide) groups is 2. The summed E-state index contributed by atoms with van der Waals surface area (Å²) in [6, 6.07) is 13.8. The van der Waals surface area contributed by atoms with Gasteiger partial charge in [-0.15, -0.1) is 28.5 Å². The highest BCUT2D eigenvalue weighted by Gasteiger charge is 2.14. The zero-order valence-electron chi connectivity index (χ0n) is 16.9. The van der Waals surface area contributed by atoms with E-state index in [0.29, 0.717) is 22.5 Å². The van der Waals surface area contributed by atoms with Gasteiger partial charge in [0.05, 0.1) is 11.5 Å². The maximum Gasteiger partial charge on any atom is 0.234 e. The summed E-state index contributed by atoms with van der Waals surface area (Å²) >= 11 is 9.09. The Bertz CT molecular complexity index is 1030. The maximum absolute atomic E-state index is 12.4. The lowest BCUT2D eigenvalue weighted by molar-refractivity contribution is -0.113. The minimum absolute atomic E-state index is 0.117. The number of amides is 1. The van der Waals surface area contributed by atoms with Gasteiger partial charge in [-0.05, 0) is 43.7 Å². The lowest BCUT2D eigenvalue weighted by Crippen LogP contribution is -2.15. The molecule has 156 valence electrons. The van der Waals surface area contributed by atoms with E-state index in [1.54, 1.807) is 23.9 Å². The minimum atomic E-state index is -0.117. The molecule has 0 unspecified atom stereocenters. The van der Waals surface area contributed by atoms with Gasteiger partial charge in [0.2, 0.25) is 5.91 Å². The van der Waals surface area contributed by atoms with Crippen LogP contribution in [0.3, 0.4) is 0 Å². The number of hydrogen-bond donors (Lipinski definition) is 1. The van der Waals surface area contributed by atoms with Gasteiger partial charge in [0.1, 0.15) is 5.82 Å². The Balaban J connectivity index is 1.62. The zero-order valence-corrected chi connectivity index (χ0v) is 19.3. The van der Waals surface area contributed by atoms with Crippen LogP contribution in [0.5, 0.6) is 0 Å². The topological polar surface area (TPSA) is 59.8 Å². The van der Waals surface area contributed by atoms with Crippen molar-refractivity contribution in [2.24, 2.45) is 0 Å². The largest absolute Gasteiger partial charge is 0.325 e. The van der Waals surface area contributed by atoms with Crippen LogP contribution in [-0.2, 0) is 17.1 Å². The van der Waals surface area contributed by atoms with Crippen LogP contribution < -0.4 is 5.32 Å². The van der Waals surface area contributed by atoms with E-state index in [1.165, 1.54) is 22.2 Å². The molecular weight excluding hydrogens is 436 g/mol. The lowest BCUT2D eigenvalue weighted by atomic mass is 10.2. The first-order valence-electron chi connectivity index (χ1n) is 9.37. The predicted molar refractivity (Wildman–Crippen MR) is 127 cm³/mol. The molecule has 0 bridgehead atoms. The van der Waals surface area contributed by atoms with Crippen molar-refractivity contribution in [2.45, 2.75) is 36.2 Å². The molecule has 2 aromatic carbocycles. The number of nitrogens with one attached hydrogen (secondary N) is 1. The highest BCUT2D eigenvalue weighted by atomic mass is 35.5. The number of carbonyl (C=O) groups is 1. The Labute approximate surface area is 190 Å². The van der Waals surface area contributed by atoms with Gasteiger partial charge in [-0.3, -0.25) is 4.79 Å². The Kier molecular flexibility index (Phi) is 8.01. The molecule has 0 aliphatic heterocycles. The summed E-state index contributed by atoms with van der Waals surface area (Å²) in [6.45, 7) is 8.42. The normalized spacial score (nSPS) is 10.8. The molecule has 0 atom stereocenters. The summed E-state index contributed by atoms with van der Waals surface area (Å²) < 4.78 is 2.00. The van der Waals surface area contributed by atoms with Gasteiger partial charge in [-0.2, -0.15) is 0 Å². The first-order chi connectivity index (χ1) is 14.5. The standard InChI is InChI=1S/C22H23ClN4OS2/c1-4-11-27-20(13-29-18-9-5-15(2)6-10-18)25-26-22(27)30-14-21(28)24-19-12-17(23)8-7-16(19)3/h4-10,12H,1,11,13-14H2,2-3H3,(H,24,28). The van der Waals surface area contributed by atoms with Gasteiger partial charge in [0.25, 0.3) is 0 Å². The molecule has 3 aromatic rings. The first kappa shape index (κ1) is 22.5. The Morgan fingerprint density at radius 2 is 1.93 bits per heavy atom. The molecule has 5 nitrogen and oxygen atoms in total. The second-order valence-electron chi connectivity index (χ2n) is 6.70. The van der Waals surface area contributed by atoms with Crippen molar-refractivity contribution in [1.82, 2.24) is 14.8 Å². The van der Waals surface area contributed by atoms with Crippen LogP contribution in [0, 0.1) is 13.8 Å². The van der Waals surface area contributed by atoms with Crippen LogP contribution in [0.25, 0.3) is 0 Å². The molecule has 0 fully saturated rings. The zero-order chi connectivity index (χ0) is 21.5. The molecule has 0 aliphatic rings. The highest BCUT2D eigenvalue weighted by Crippen LogP contribution is 2.25. The van der Waals surface area contributed by atoms with E-state index in [2.05, 4.69) is 53.3 Å². The highest BCUT2D eigenvalue weighted by molar-refractivity contribution is 7.99. The van der Waals surface area contributed by atoms with Gasteiger partial charge in [-0.25, -0.2) is 0 Å². The van der Waals surface area contributed by atoms with E-state index in [-0.39, 0.29) is 11.7 Å². The molecule has 1 heterocycles. The van der Waals surface area contributed by atoms with Crippen LogP contribution in [0.1, 0.15) is 17.0 Å². The fraction of sp³-hybridized carbons (Fsp3) is 0.227. The summed E-state index contributed by atoms with van der Waals surface area (Å²) in [4.78, 5) is 13.6. The minimum Gasteiger partial charge on any atom is -0.325 e. The average molecular weight is 459 g/mol. The van der Waals surface area contributed by atoms with Gasteiger partial charge >= 0.3 is 0 Å². The quantitative estimate of drug-likeness (QED) is 0.326. The molecule has 0 aliphatic carbocycles. The third-order valence-corrected chi connectivity index (χ3v) is 6.51. The molecule has 3 rings (SSSR count). The predicted octanol–water partition coefficient (Wildman–Crippen LogP) is 5.76. The second kappa shape index (κ2) is 10.7. The molecule has 0 spiro atoms. The Hall–Kier alpha value is -2.22. The van der Waals surface area contributed by atoms with E-state index < -0.39 is 0 Å². The number of carbonyl (C=O) groups excluding carboxylic acids is 1. The second-order valence-corrected chi connectivity index (χ2v) is 9.12. The van der Waals surface area contributed by atoms with Gasteiger partial charge < -0.3 is 9.88 Å². The molecule has 8 heteroatoms. The Morgan fingerprint density at radius 3 is 2.67 bits per heavy atom. The van der Waals surface area contributed by atoms with Crippen molar-refractivity contribution in [2.75, 3.05) is 11.1 Å². The van der Waals surface area contributed by atoms with E-state index in [0.717, 1.165) is 17.1 Å². The van der Waals surface area contributed by atoms with Crippen molar-refractivity contribution in [3.63, 3.8) is 0 Å². The SMILES string of the molecule is C=CCn1c(CSc2ccc(C)cc2)nnc1SCC(=O)Nc1cc(Cl)ccc1C. The summed E-state index contributed by atoms with van der Waals surface area (Å²) in [5, 5.41) is 12.8. The number of aryl methyl sites for hydroxylation is 2. The summed E-state index contributed by atoms with van der Waals surface area (Å²) in [6.07, 6.45) is 1.81. The molecule has 1 N–H and O–H groups in total. The number of nitrogens with zero attached hydrogens (tertiary/aromatic N) is 3. The van der Waals surface area contributed by atoms with E-state index >= 15 is 0 Å². The summed E-state index contributed by atoms with van der Waals surface area (Å²) in [5.41, 5.74) is 2.91. The summed E-state index contributed by atoms with van der Waals surface area (Å²) in [7, 11) is 0. The number of allylic oxidation sites excluding steroid dienone is 1. The molecule has 1 aromatic heterocycles. The van der Waals surface area contributed by atoms with Crippen LogP contribution in [-0.4, -0.2) is 26.4 Å². The number of benzene rings is 2. The molecule has 0 saturated carbocycles. The summed E-state index contributed by atoms with van der Waals surface area (Å²) in [5.74, 6) is 1.66. The van der Waals surface area contributed by atoms with Crippen molar-refractivity contribution in [1.29, 1.82) is 0 Å². The number of halogens is 1. The third-order valence-electron chi connectivity index (χ3n) is 4.30. The van der Waals surface area contributed by atoms with Crippen molar-refractivity contribution in [3.8, 4) is 0 Å². The van der Waals surface area contributed by atoms with E-state index in [4.69, 9.17) is 11.6 Å². The smallest absolute Gasteiger partial charge is 0.234 e. The maximum atomic E-state index is 12.4. The number of aromatic nitrogens is 3. The van der Waals surface area contributed by atoms with Crippen molar-refractivity contribution < 1.29 is 4.79 Å². The van der Waals surface area contributed by atoms with E-state index in [9.17, 15) is 4.79 Å². The van der Waals surface area contributed by atoms with E-state index in [1.807, 2.05) is 23.6 Å². The molecule has 1 amide bonds. The first-order valence-corrected chi connectivity index (χ1v) is 11.7. The van der Waals surface area contributed by atoms with Gasteiger partial charge in [0.15, 0.2) is 5.16 Å². The molecule has 0 saturated heterocycles. The number of anilines is 1. The number of rotatable bonds is 9. The van der Waals surface area contributed by atoms with Crippen LogP contribution in [0.15, 0.2) is 65.2 Å². The van der Waals surface area contributed by atoms with Crippen LogP contribution in [0.4, 0.5) is 5.69 Å². The molecule has 0 radical (unpaired) electrons. The van der Waals surface area contributed by atoms with Crippen LogP contribution >= 0.6 is 35.1 Å². The molecular formula is C22H23ClN4OS2. The van der Waals surface area contributed by atoms with Crippen molar-refractivity contribution in [3.05, 3.63) is 77.1 Å². The van der Waals surface area contributed by atoms with Gasteiger partial charge in [-0.1, -0.05) is 53.2 Å². The third kappa shape index (κ3) is 6.14. The van der Waals surface area contributed by atoms with Gasteiger partial charge in [0, 0.05) is 22.2 Å². The van der Waals surface area contributed by atoms with Crippen LogP contribution in [0.2, 0.25) is 5.02 Å². The Morgan fingerprint density at radius 1 is 1.17 bits per heavy atom. The monoisotopic (exact) mass is 458 g/mol. The number of hydrogen-bond acceptors (Lipinski definition) is 5. The fourth-order valence-corrected chi connectivity index (χ4v) is 4.45.